The number of nitrogens with zero attached hydrogens (tertiary/aromatic N) is 2. The number of hydrogen-bond acceptors (Lipinski definition) is 5. The van der Waals surface area contributed by atoms with Crippen LogP contribution in [0.25, 0.3) is 0 Å². The summed E-state index contributed by atoms with van der Waals surface area (Å²) >= 11 is 6.34. The minimum Gasteiger partial charge on any atom is -0.444 e. The van der Waals surface area contributed by atoms with Gasteiger partial charge in [0.2, 0.25) is 5.91 Å². The highest BCUT2D eigenvalue weighted by Crippen LogP contribution is 2.54. The van der Waals surface area contributed by atoms with Crippen molar-refractivity contribution >= 4 is 23.6 Å². The SMILES string of the molecule is Cc1nc2c(cc1Cl)C(C(C)(C)C(N)=O)OC21CCN(C(=O)OC(C)(C)C)CC1. The second kappa shape index (κ2) is 7.13. The van der Waals surface area contributed by atoms with Gasteiger partial charge in [-0.3, -0.25) is 9.78 Å². The molecule has 29 heavy (non-hydrogen) atoms. The first kappa shape index (κ1) is 21.8. The van der Waals surface area contributed by atoms with Gasteiger partial charge in [-0.15, -0.1) is 0 Å². The van der Waals surface area contributed by atoms with Gasteiger partial charge in [-0.05, 0) is 60.5 Å². The van der Waals surface area contributed by atoms with Crippen LogP contribution < -0.4 is 5.73 Å². The molecule has 1 saturated heterocycles. The zero-order valence-corrected chi connectivity index (χ0v) is 18.7. The van der Waals surface area contributed by atoms with Crippen LogP contribution in [0.1, 0.15) is 70.5 Å². The number of hydrogen-bond donors (Lipinski definition) is 1. The van der Waals surface area contributed by atoms with Crippen molar-refractivity contribution in [2.24, 2.45) is 11.1 Å². The lowest BCUT2D eigenvalue weighted by Crippen LogP contribution is -2.47. The fourth-order valence-electron chi connectivity index (χ4n) is 3.90. The Bertz CT molecular complexity index is 839. The third-order valence-corrected chi connectivity index (χ3v) is 6.13. The van der Waals surface area contributed by atoms with Crippen molar-refractivity contribution in [3.63, 3.8) is 0 Å². The predicted molar refractivity (Wildman–Crippen MR) is 110 cm³/mol. The van der Waals surface area contributed by atoms with Gasteiger partial charge in [-0.25, -0.2) is 4.79 Å². The molecule has 3 rings (SSSR count). The molecule has 8 heteroatoms. The number of piperidine rings is 1. The van der Waals surface area contributed by atoms with Crippen LogP contribution in [-0.4, -0.2) is 40.6 Å². The number of aryl methyl sites for hydroxylation is 1. The molecule has 7 nitrogen and oxygen atoms in total. The number of rotatable bonds is 2. The zero-order chi connectivity index (χ0) is 21.8. The molecule has 0 aliphatic carbocycles. The van der Waals surface area contributed by atoms with E-state index in [0.29, 0.717) is 36.6 Å². The Hall–Kier alpha value is -1.86. The minimum absolute atomic E-state index is 0.333. The van der Waals surface area contributed by atoms with Gasteiger partial charge in [0.25, 0.3) is 0 Å². The Morgan fingerprint density at radius 1 is 1.28 bits per heavy atom. The molecule has 3 heterocycles. The maximum Gasteiger partial charge on any atom is 0.410 e. The van der Waals surface area contributed by atoms with Crippen molar-refractivity contribution in [2.45, 2.75) is 71.7 Å². The van der Waals surface area contributed by atoms with E-state index in [9.17, 15) is 9.59 Å². The van der Waals surface area contributed by atoms with E-state index < -0.39 is 28.6 Å². The van der Waals surface area contributed by atoms with Crippen LogP contribution in [0, 0.1) is 12.3 Å². The molecule has 1 fully saturated rings. The Morgan fingerprint density at radius 3 is 2.38 bits per heavy atom. The van der Waals surface area contributed by atoms with E-state index in [2.05, 4.69) is 0 Å². The van der Waals surface area contributed by atoms with E-state index in [0.717, 1.165) is 11.3 Å². The van der Waals surface area contributed by atoms with E-state index in [1.54, 1.807) is 18.7 Å². The molecule has 0 radical (unpaired) electrons. The molecule has 0 saturated carbocycles. The third kappa shape index (κ3) is 3.94. The van der Waals surface area contributed by atoms with E-state index >= 15 is 0 Å². The molecular formula is C21H30ClN3O4. The first-order valence-electron chi connectivity index (χ1n) is 9.90. The first-order valence-corrected chi connectivity index (χ1v) is 10.3. The number of pyridine rings is 1. The molecule has 0 bridgehead atoms. The van der Waals surface area contributed by atoms with Gasteiger partial charge in [0, 0.05) is 18.7 Å². The van der Waals surface area contributed by atoms with E-state index in [1.165, 1.54) is 0 Å². The van der Waals surface area contributed by atoms with Gasteiger partial charge >= 0.3 is 6.09 Å². The number of fused-ring (bicyclic) bond motifs is 2. The number of primary amides is 1. The van der Waals surface area contributed by atoms with E-state index in [4.69, 9.17) is 31.8 Å². The summed E-state index contributed by atoms with van der Waals surface area (Å²) in [6.07, 6.45) is 0.227. The van der Waals surface area contributed by atoms with E-state index in [1.807, 2.05) is 33.8 Å². The number of carbonyl (C=O) groups excluding carboxylic acids is 2. The molecule has 1 spiro atoms. The third-order valence-electron chi connectivity index (χ3n) is 5.75. The summed E-state index contributed by atoms with van der Waals surface area (Å²) in [4.78, 5) is 31.0. The maximum atomic E-state index is 12.4. The van der Waals surface area contributed by atoms with Gasteiger partial charge < -0.3 is 20.1 Å². The van der Waals surface area contributed by atoms with Crippen molar-refractivity contribution in [1.29, 1.82) is 0 Å². The summed E-state index contributed by atoms with van der Waals surface area (Å²) in [5, 5.41) is 0.529. The number of ether oxygens (including phenoxy) is 2. The summed E-state index contributed by atoms with van der Waals surface area (Å²) in [5.41, 5.74) is 5.82. The van der Waals surface area contributed by atoms with Gasteiger partial charge in [0.15, 0.2) is 0 Å². The number of amides is 2. The maximum absolute atomic E-state index is 12.4. The Morgan fingerprint density at radius 2 is 1.86 bits per heavy atom. The summed E-state index contributed by atoms with van der Waals surface area (Å²) in [6.45, 7) is 11.9. The second-order valence-electron chi connectivity index (χ2n) is 9.54. The van der Waals surface area contributed by atoms with Gasteiger partial charge in [-0.1, -0.05) is 11.6 Å². The van der Waals surface area contributed by atoms with Crippen LogP contribution in [0.15, 0.2) is 6.07 Å². The summed E-state index contributed by atoms with van der Waals surface area (Å²) < 4.78 is 12.0. The molecule has 1 aromatic heterocycles. The van der Waals surface area contributed by atoms with Crippen molar-refractivity contribution in [2.75, 3.05) is 13.1 Å². The van der Waals surface area contributed by atoms with Crippen LogP contribution in [0.2, 0.25) is 5.02 Å². The molecule has 1 aromatic rings. The average Bonchev–Trinajstić information content (AvgIpc) is 2.88. The van der Waals surface area contributed by atoms with Crippen molar-refractivity contribution < 1.29 is 19.1 Å². The molecular weight excluding hydrogens is 394 g/mol. The van der Waals surface area contributed by atoms with E-state index in [-0.39, 0.29) is 6.09 Å². The van der Waals surface area contributed by atoms with Crippen LogP contribution in [0.4, 0.5) is 4.79 Å². The highest BCUT2D eigenvalue weighted by Gasteiger charge is 2.54. The lowest BCUT2D eigenvalue weighted by molar-refractivity contribution is -0.158. The van der Waals surface area contributed by atoms with Crippen LogP contribution >= 0.6 is 11.6 Å². The summed E-state index contributed by atoms with van der Waals surface area (Å²) in [6, 6.07) is 1.84. The topological polar surface area (TPSA) is 94.7 Å². The van der Waals surface area contributed by atoms with Crippen molar-refractivity contribution in [3.05, 3.63) is 28.0 Å². The van der Waals surface area contributed by atoms with Crippen LogP contribution in [-0.2, 0) is 19.9 Å². The van der Waals surface area contributed by atoms with Crippen LogP contribution in [0.3, 0.4) is 0 Å². The fourth-order valence-corrected chi connectivity index (χ4v) is 4.06. The Labute approximate surface area is 176 Å². The first-order chi connectivity index (χ1) is 13.3. The Kier molecular flexibility index (Phi) is 5.37. The number of carbonyl (C=O) groups is 2. The normalized spacial score (nSPS) is 21.2. The molecule has 1 unspecified atom stereocenters. The summed E-state index contributed by atoms with van der Waals surface area (Å²) in [7, 11) is 0. The quantitative estimate of drug-likeness (QED) is 0.779. The smallest absolute Gasteiger partial charge is 0.410 e. The van der Waals surface area contributed by atoms with Crippen molar-refractivity contribution in [3.8, 4) is 0 Å². The lowest BCUT2D eigenvalue weighted by Gasteiger charge is -2.40. The molecule has 2 aliphatic heterocycles. The average molecular weight is 424 g/mol. The monoisotopic (exact) mass is 423 g/mol. The lowest BCUT2D eigenvalue weighted by atomic mass is 9.81. The predicted octanol–water partition coefficient (Wildman–Crippen LogP) is 3.85. The van der Waals surface area contributed by atoms with Gasteiger partial charge in [0.1, 0.15) is 11.2 Å². The number of nitrogens with two attached hydrogens (primary N) is 1. The van der Waals surface area contributed by atoms with Crippen LogP contribution in [0.5, 0.6) is 0 Å². The highest BCUT2D eigenvalue weighted by atomic mass is 35.5. The zero-order valence-electron chi connectivity index (χ0n) is 18.0. The molecule has 2 amide bonds. The highest BCUT2D eigenvalue weighted by molar-refractivity contribution is 6.31. The molecule has 160 valence electrons. The molecule has 1 atom stereocenters. The minimum atomic E-state index is -0.930. The molecule has 0 aromatic carbocycles. The largest absolute Gasteiger partial charge is 0.444 e. The Balaban J connectivity index is 1.91. The standard InChI is InChI=1S/C21H30ClN3O4/c1-12-14(22)11-13-15(24-12)21(28-16(13)20(5,6)17(23)26)7-9-25(10-8-21)18(27)29-19(2,3)4/h11,16H,7-10H2,1-6H3,(H2,23,26). The summed E-state index contributed by atoms with van der Waals surface area (Å²) in [5.74, 6) is -0.451. The second-order valence-corrected chi connectivity index (χ2v) is 9.95. The van der Waals surface area contributed by atoms with Crippen molar-refractivity contribution in [1.82, 2.24) is 9.88 Å². The molecule has 2 N–H and O–H groups in total. The number of likely N-dealkylation sites (tertiary alicyclic amines) is 1. The number of aromatic nitrogens is 1. The van der Waals surface area contributed by atoms with Gasteiger partial charge in [0.05, 0.1) is 27.9 Å². The fraction of sp³-hybridized carbons (Fsp3) is 0.667. The van der Waals surface area contributed by atoms with Gasteiger partial charge in [-0.2, -0.15) is 0 Å². The molecule has 2 aliphatic rings. The number of halogens is 1.